The Morgan fingerprint density at radius 3 is 3.00 bits per heavy atom. The lowest BCUT2D eigenvalue weighted by Crippen LogP contribution is -2.36. The number of thiazole rings is 1. The lowest BCUT2D eigenvalue weighted by Gasteiger charge is -2.24. The molecule has 0 unspecified atom stereocenters. The number of fused-ring (bicyclic) bond motifs is 1. The highest BCUT2D eigenvalue weighted by Crippen LogP contribution is 2.32. The summed E-state index contributed by atoms with van der Waals surface area (Å²) in [6, 6.07) is 4.08. The number of amides is 2. The molecule has 2 amide bonds. The Morgan fingerprint density at radius 2 is 2.28 bits per heavy atom. The van der Waals surface area contributed by atoms with Crippen LogP contribution in [0.1, 0.15) is 48.4 Å². The molecule has 0 saturated heterocycles. The third kappa shape index (κ3) is 4.04. The van der Waals surface area contributed by atoms with Crippen LogP contribution < -0.4 is 10.6 Å². The van der Waals surface area contributed by atoms with Gasteiger partial charge in [-0.1, -0.05) is 13.8 Å². The molecule has 0 spiro atoms. The number of anilines is 1. The number of nitrogens with one attached hydrogen (secondary N) is 2. The highest BCUT2D eigenvalue weighted by molar-refractivity contribution is 7.09. The average Bonchev–Trinajstić information content (AvgIpc) is 3.03. The number of halogens is 1. The molecule has 3 rings (SSSR count). The SMILES string of the molecule is CC(C)c1nc(CCNC(=O)[C@@H]2CC(=O)Nc3ccc(F)cc32)cs1. The van der Waals surface area contributed by atoms with Crippen molar-refractivity contribution in [3.05, 3.63) is 45.7 Å². The van der Waals surface area contributed by atoms with Crippen LogP contribution in [0.2, 0.25) is 0 Å². The van der Waals surface area contributed by atoms with Gasteiger partial charge in [-0.3, -0.25) is 9.59 Å². The fraction of sp³-hybridized carbons (Fsp3) is 0.389. The number of carbonyl (C=O) groups is 2. The van der Waals surface area contributed by atoms with E-state index in [9.17, 15) is 14.0 Å². The van der Waals surface area contributed by atoms with Gasteiger partial charge in [-0.05, 0) is 23.8 Å². The number of aromatic nitrogens is 1. The summed E-state index contributed by atoms with van der Waals surface area (Å²) in [5, 5.41) is 8.60. The molecule has 2 aromatic rings. The molecule has 2 N–H and O–H groups in total. The largest absolute Gasteiger partial charge is 0.355 e. The molecule has 1 aromatic carbocycles. The second-order valence-electron chi connectivity index (χ2n) is 6.41. The Hall–Kier alpha value is -2.28. The second-order valence-corrected chi connectivity index (χ2v) is 7.30. The van der Waals surface area contributed by atoms with Gasteiger partial charge in [0.25, 0.3) is 0 Å². The summed E-state index contributed by atoms with van der Waals surface area (Å²) >= 11 is 1.62. The highest BCUT2D eigenvalue weighted by Gasteiger charge is 2.30. The van der Waals surface area contributed by atoms with Crippen LogP contribution in [-0.2, 0) is 16.0 Å². The first kappa shape index (κ1) is 17.5. The summed E-state index contributed by atoms with van der Waals surface area (Å²) in [4.78, 5) is 28.8. The van der Waals surface area contributed by atoms with Crippen molar-refractivity contribution < 1.29 is 14.0 Å². The topological polar surface area (TPSA) is 71.1 Å². The van der Waals surface area contributed by atoms with E-state index in [1.807, 2.05) is 5.38 Å². The quantitative estimate of drug-likeness (QED) is 0.859. The number of benzene rings is 1. The van der Waals surface area contributed by atoms with Gasteiger partial charge in [-0.2, -0.15) is 0 Å². The molecule has 132 valence electrons. The van der Waals surface area contributed by atoms with Gasteiger partial charge in [0.15, 0.2) is 0 Å². The molecule has 1 atom stereocenters. The molecule has 0 saturated carbocycles. The van der Waals surface area contributed by atoms with Crippen LogP contribution in [0, 0.1) is 5.82 Å². The molecular formula is C18H20FN3O2S. The minimum Gasteiger partial charge on any atom is -0.355 e. The molecule has 5 nitrogen and oxygen atoms in total. The first-order chi connectivity index (χ1) is 11.9. The molecule has 1 aliphatic heterocycles. The van der Waals surface area contributed by atoms with Gasteiger partial charge in [0, 0.05) is 36.4 Å². The molecule has 25 heavy (non-hydrogen) atoms. The minimum atomic E-state index is -0.666. The maximum atomic E-state index is 13.5. The van der Waals surface area contributed by atoms with Gasteiger partial charge in [0.2, 0.25) is 11.8 Å². The number of hydrogen-bond donors (Lipinski definition) is 2. The average molecular weight is 361 g/mol. The Morgan fingerprint density at radius 1 is 1.48 bits per heavy atom. The van der Waals surface area contributed by atoms with E-state index in [0.29, 0.717) is 30.1 Å². The van der Waals surface area contributed by atoms with Crippen LogP contribution in [0.15, 0.2) is 23.6 Å². The van der Waals surface area contributed by atoms with Crippen LogP contribution in [0.4, 0.5) is 10.1 Å². The van der Waals surface area contributed by atoms with Crippen molar-refractivity contribution in [3.63, 3.8) is 0 Å². The van der Waals surface area contributed by atoms with Crippen LogP contribution in [0.3, 0.4) is 0 Å². The van der Waals surface area contributed by atoms with E-state index in [-0.39, 0.29) is 18.2 Å². The highest BCUT2D eigenvalue weighted by atomic mass is 32.1. The van der Waals surface area contributed by atoms with E-state index in [0.717, 1.165) is 10.7 Å². The predicted octanol–water partition coefficient (Wildman–Crippen LogP) is 3.19. The summed E-state index contributed by atoms with van der Waals surface area (Å²) in [6.07, 6.45) is 0.653. The molecule has 1 aromatic heterocycles. The number of hydrogen-bond acceptors (Lipinski definition) is 4. The number of rotatable bonds is 5. The molecule has 0 bridgehead atoms. The summed E-state index contributed by atoms with van der Waals surface area (Å²) in [7, 11) is 0. The fourth-order valence-corrected chi connectivity index (χ4v) is 3.68. The van der Waals surface area contributed by atoms with Gasteiger partial charge >= 0.3 is 0 Å². The summed E-state index contributed by atoms with van der Waals surface area (Å²) < 4.78 is 13.5. The van der Waals surface area contributed by atoms with E-state index >= 15 is 0 Å². The van der Waals surface area contributed by atoms with E-state index < -0.39 is 11.7 Å². The Labute approximate surface area is 149 Å². The van der Waals surface area contributed by atoms with Gasteiger partial charge in [0.1, 0.15) is 5.82 Å². The van der Waals surface area contributed by atoms with Gasteiger partial charge in [-0.15, -0.1) is 11.3 Å². The zero-order valence-corrected chi connectivity index (χ0v) is 15.0. The predicted molar refractivity (Wildman–Crippen MR) is 95.3 cm³/mol. The van der Waals surface area contributed by atoms with E-state index in [1.54, 1.807) is 11.3 Å². The monoisotopic (exact) mass is 361 g/mol. The fourth-order valence-electron chi connectivity index (χ4n) is 2.81. The molecule has 0 fully saturated rings. The lowest BCUT2D eigenvalue weighted by atomic mass is 9.89. The van der Waals surface area contributed by atoms with Gasteiger partial charge in [-0.25, -0.2) is 9.37 Å². The molecule has 0 aliphatic carbocycles. The van der Waals surface area contributed by atoms with Gasteiger partial charge < -0.3 is 10.6 Å². The Bertz CT molecular complexity index is 803. The van der Waals surface area contributed by atoms with Crippen LogP contribution >= 0.6 is 11.3 Å². The summed E-state index contributed by atoms with van der Waals surface area (Å²) in [6.45, 7) is 4.62. The molecule has 2 heterocycles. The number of carbonyl (C=O) groups excluding carboxylic acids is 2. The van der Waals surface area contributed by atoms with Crippen molar-refractivity contribution in [2.75, 3.05) is 11.9 Å². The Kier molecular flexibility index (Phi) is 5.13. The first-order valence-corrected chi connectivity index (χ1v) is 9.13. The molecule has 0 radical (unpaired) electrons. The van der Waals surface area contributed by atoms with E-state index in [4.69, 9.17) is 0 Å². The summed E-state index contributed by atoms with van der Waals surface area (Å²) in [5.41, 5.74) is 1.97. The molecule has 1 aliphatic rings. The smallest absolute Gasteiger partial charge is 0.228 e. The van der Waals surface area contributed by atoms with Crippen LogP contribution in [-0.4, -0.2) is 23.3 Å². The molecular weight excluding hydrogens is 341 g/mol. The van der Waals surface area contributed by atoms with Crippen molar-refractivity contribution in [2.24, 2.45) is 0 Å². The lowest BCUT2D eigenvalue weighted by molar-refractivity contribution is -0.126. The normalized spacial score (nSPS) is 16.5. The van der Waals surface area contributed by atoms with E-state index in [1.165, 1.54) is 18.2 Å². The third-order valence-corrected chi connectivity index (χ3v) is 5.31. The minimum absolute atomic E-state index is 0.0243. The van der Waals surface area contributed by atoms with Gasteiger partial charge in [0.05, 0.1) is 16.6 Å². The first-order valence-electron chi connectivity index (χ1n) is 8.25. The van der Waals surface area contributed by atoms with Crippen molar-refractivity contribution >= 4 is 28.8 Å². The van der Waals surface area contributed by atoms with Crippen molar-refractivity contribution in [3.8, 4) is 0 Å². The van der Waals surface area contributed by atoms with Crippen LogP contribution in [0.25, 0.3) is 0 Å². The second kappa shape index (κ2) is 7.31. The third-order valence-electron chi connectivity index (χ3n) is 4.11. The maximum Gasteiger partial charge on any atom is 0.228 e. The van der Waals surface area contributed by atoms with Crippen molar-refractivity contribution in [1.29, 1.82) is 0 Å². The van der Waals surface area contributed by atoms with Crippen molar-refractivity contribution in [1.82, 2.24) is 10.3 Å². The Balaban J connectivity index is 1.63. The standard InChI is InChI=1S/C18H20FN3O2S/c1-10(2)18-21-12(9-25-18)5-6-20-17(24)14-8-16(23)22-15-4-3-11(19)7-13(14)15/h3-4,7,9-10,14H,5-6,8H2,1-2H3,(H,20,24)(H,22,23)/t14-/m1/s1. The molecule has 7 heteroatoms. The van der Waals surface area contributed by atoms with E-state index in [2.05, 4.69) is 29.5 Å². The maximum absolute atomic E-state index is 13.5. The summed E-state index contributed by atoms with van der Waals surface area (Å²) in [5.74, 6) is -1.20. The van der Waals surface area contributed by atoms with Crippen LogP contribution in [0.5, 0.6) is 0 Å². The number of nitrogens with zero attached hydrogens (tertiary/aromatic N) is 1. The zero-order valence-electron chi connectivity index (χ0n) is 14.1. The van der Waals surface area contributed by atoms with Crippen molar-refractivity contribution in [2.45, 2.75) is 38.5 Å². The zero-order chi connectivity index (χ0) is 18.0.